The Bertz CT molecular complexity index is 1520. The van der Waals surface area contributed by atoms with Crippen molar-refractivity contribution in [3.8, 4) is 0 Å². The van der Waals surface area contributed by atoms with E-state index in [4.69, 9.17) is 14.1 Å². The Morgan fingerprint density at radius 1 is 1.00 bits per heavy atom. The number of hydrogen-bond acceptors (Lipinski definition) is 6. The fraction of sp³-hybridized carbons (Fsp3) is 0.207. The van der Waals surface area contributed by atoms with Crippen LogP contribution in [-0.4, -0.2) is 57.7 Å². The molecule has 0 bridgehead atoms. The number of morpholine rings is 1. The smallest absolute Gasteiger partial charge is 0.267 e. The third-order valence-electron chi connectivity index (χ3n) is 6.54. The minimum Gasteiger partial charge on any atom is -0.467 e. The number of thioether (sulfide) groups is 1. The molecule has 0 spiro atoms. The first-order chi connectivity index (χ1) is 18.7. The first kappa shape index (κ1) is 24.3. The average molecular weight is 527 g/mol. The van der Waals surface area contributed by atoms with Gasteiger partial charge in [-0.15, -0.1) is 0 Å². The molecule has 6 rings (SSSR count). The number of carbonyl (C=O) groups excluding carboxylic acids is 2. The molecular weight excluding hydrogens is 500 g/mol. The van der Waals surface area contributed by atoms with Gasteiger partial charge in [-0.2, -0.15) is 0 Å². The number of ether oxygens (including phenoxy) is 1. The standard InChI is InChI=1S/C29H26N4O4S/c34-27(31-12-15-36-16-13-31)20-32-18-21(24-10-4-5-11-25(24)32)17-26-28(35)33(19-23-9-6-14-37-23)29(38-26)30-22-7-2-1-3-8-22/h1-11,14,17-18H,12-13,15-16,19-20H2/b26-17-,30-29?. The maximum Gasteiger partial charge on any atom is 0.267 e. The number of carbonyl (C=O) groups is 2. The monoisotopic (exact) mass is 526 g/mol. The van der Waals surface area contributed by atoms with Crippen LogP contribution in [0.15, 0.2) is 93.5 Å². The van der Waals surface area contributed by atoms with Crippen molar-refractivity contribution in [2.75, 3.05) is 26.3 Å². The molecule has 8 nitrogen and oxygen atoms in total. The SMILES string of the molecule is O=C(Cn1cc(/C=C2\SC(=Nc3ccccc3)N(Cc3ccco3)C2=O)c2ccccc21)N1CCOCC1. The Hall–Kier alpha value is -4.08. The van der Waals surface area contributed by atoms with Gasteiger partial charge >= 0.3 is 0 Å². The molecule has 0 unspecified atom stereocenters. The second-order valence-electron chi connectivity index (χ2n) is 9.03. The lowest BCUT2D eigenvalue weighted by Crippen LogP contribution is -2.42. The number of rotatable bonds is 6. The summed E-state index contributed by atoms with van der Waals surface area (Å²) < 4.78 is 12.9. The van der Waals surface area contributed by atoms with Crippen LogP contribution in [0, 0.1) is 0 Å². The molecule has 9 heteroatoms. The first-order valence-electron chi connectivity index (χ1n) is 12.5. The summed E-state index contributed by atoms with van der Waals surface area (Å²) >= 11 is 1.34. The van der Waals surface area contributed by atoms with E-state index in [1.165, 1.54) is 11.8 Å². The predicted molar refractivity (Wildman–Crippen MR) is 148 cm³/mol. The van der Waals surface area contributed by atoms with Crippen LogP contribution in [0.5, 0.6) is 0 Å². The van der Waals surface area contributed by atoms with Crippen molar-refractivity contribution in [2.45, 2.75) is 13.1 Å². The molecule has 2 aliphatic heterocycles. The lowest BCUT2D eigenvalue weighted by atomic mass is 10.1. The van der Waals surface area contributed by atoms with Gasteiger partial charge in [0.25, 0.3) is 5.91 Å². The van der Waals surface area contributed by atoms with Gasteiger partial charge in [-0.1, -0.05) is 36.4 Å². The highest BCUT2D eigenvalue weighted by atomic mass is 32.2. The zero-order chi connectivity index (χ0) is 25.9. The summed E-state index contributed by atoms with van der Waals surface area (Å²) in [5.41, 5.74) is 2.60. The summed E-state index contributed by atoms with van der Waals surface area (Å²) in [6.45, 7) is 2.87. The Labute approximate surface area is 224 Å². The van der Waals surface area contributed by atoms with Gasteiger partial charge in [0.05, 0.1) is 36.6 Å². The quantitative estimate of drug-likeness (QED) is 0.334. The van der Waals surface area contributed by atoms with Gasteiger partial charge in [-0.05, 0) is 48.2 Å². The number of furan rings is 1. The first-order valence-corrected chi connectivity index (χ1v) is 13.3. The number of amides is 2. The molecule has 2 aliphatic rings. The third-order valence-corrected chi connectivity index (χ3v) is 7.55. The number of nitrogens with zero attached hydrogens (tertiary/aromatic N) is 4. The van der Waals surface area contributed by atoms with Gasteiger partial charge in [0.2, 0.25) is 5.91 Å². The van der Waals surface area contributed by atoms with E-state index in [9.17, 15) is 9.59 Å². The van der Waals surface area contributed by atoms with Crippen molar-refractivity contribution in [3.05, 3.63) is 95.4 Å². The highest BCUT2D eigenvalue weighted by Gasteiger charge is 2.34. The highest BCUT2D eigenvalue weighted by Crippen LogP contribution is 2.36. The van der Waals surface area contributed by atoms with E-state index in [0.29, 0.717) is 42.1 Å². The van der Waals surface area contributed by atoms with Gasteiger partial charge in [0.1, 0.15) is 12.3 Å². The van der Waals surface area contributed by atoms with Crippen LogP contribution < -0.4 is 0 Å². The molecule has 2 aromatic carbocycles. The lowest BCUT2D eigenvalue weighted by molar-refractivity contribution is -0.135. The number of aromatic nitrogens is 1. The minimum atomic E-state index is -0.137. The molecule has 0 atom stereocenters. The van der Waals surface area contributed by atoms with Crippen LogP contribution in [-0.2, 0) is 27.4 Å². The van der Waals surface area contributed by atoms with E-state index < -0.39 is 0 Å². The lowest BCUT2D eigenvalue weighted by Gasteiger charge is -2.27. The molecule has 4 aromatic rings. The molecular formula is C29H26N4O4S. The summed E-state index contributed by atoms with van der Waals surface area (Å²) in [4.78, 5) is 35.4. The summed E-state index contributed by atoms with van der Waals surface area (Å²) in [5, 5.41) is 1.57. The Balaban J connectivity index is 1.33. The third kappa shape index (κ3) is 5.03. The topological polar surface area (TPSA) is 80.3 Å². The molecule has 192 valence electrons. The van der Waals surface area contributed by atoms with Gasteiger partial charge in [-0.3, -0.25) is 14.5 Å². The molecule has 0 saturated carbocycles. The van der Waals surface area contributed by atoms with Gasteiger partial charge in [0, 0.05) is 35.8 Å². The van der Waals surface area contributed by atoms with Crippen LogP contribution in [0.25, 0.3) is 17.0 Å². The van der Waals surface area contributed by atoms with Crippen LogP contribution in [0.4, 0.5) is 5.69 Å². The normalized spacial score (nSPS) is 18.3. The van der Waals surface area contributed by atoms with Crippen LogP contribution in [0.1, 0.15) is 11.3 Å². The van der Waals surface area contributed by atoms with E-state index in [2.05, 4.69) is 0 Å². The Morgan fingerprint density at radius 2 is 1.79 bits per heavy atom. The van der Waals surface area contributed by atoms with Crippen LogP contribution in [0.2, 0.25) is 0 Å². The molecule has 0 radical (unpaired) electrons. The summed E-state index contributed by atoms with van der Waals surface area (Å²) in [6.07, 6.45) is 5.45. The van der Waals surface area contributed by atoms with Crippen LogP contribution in [0.3, 0.4) is 0 Å². The number of aliphatic imine (C=N–C) groups is 1. The Morgan fingerprint density at radius 3 is 2.58 bits per heavy atom. The fourth-order valence-electron chi connectivity index (χ4n) is 4.62. The van der Waals surface area contributed by atoms with Crippen molar-refractivity contribution in [1.29, 1.82) is 0 Å². The van der Waals surface area contributed by atoms with Crippen molar-refractivity contribution in [2.24, 2.45) is 4.99 Å². The van der Waals surface area contributed by atoms with Crippen molar-refractivity contribution >= 4 is 51.4 Å². The van der Waals surface area contributed by atoms with Crippen molar-refractivity contribution < 1.29 is 18.7 Å². The highest BCUT2D eigenvalue weighted by molar-refractivity contribution is 8.18. The van der Waals surface area contributed by atoms with E-state index >= 15 is 0 Å². The Kier molecular flexibility index (Phi) is 6.85. The molecule has 2 amide bonds. The van der Waals surface area contributed by atoms with Crippen molar-refractivity contribution in [3.63, 3.8) is 0 Å². The average Bonchev–Trinajstić information content (AvgIpc) is 3.66. The number of hydrogen-bond donors (Lipinski definition) is 0. The fourth-order valence-corrected chi connectivity index (χ4v) is 5.61. The van der Waals surface area contributed by atoms with E-state index in [0.717, 1.165) is 22.2 Å². The number of amidine groups is 1. The zero-order valence-corrected chi connectivity index (χ0v) is 21.5. The second-order valence-corrected chi connectivity index (χ2v) is 10.0. The second kappa shape index (κ2) is 10.7. The molecule has 0 aliphatic carbocycles. The van der Waals surface area contributed by atoms with Gasteiger partial charge < -0.3 is 18.6 Å². The van der Waals surface area contributed by atoms with E-state index in [-0.39, 0.29) is 24.9 Å². The molecule has 2 saturated heterocycles. The maximum atomic E-state index is 13.6. The molecule has 0 N–H and O–H groups in total. The van der Waals surface area contributed by atoms with E-state index in [1.54, 1.807) is 17.2 Å². The minimum absolute atomic E-state index is 0.0569. The molecule has 2 fully saturated rings. The zero-order valence-electron chi connectivity index (χ0n) is 20.7. The molecule has 2 aromatic heterocycles. The summed E-state index contributed by atoms with van der Waals surface area (Å²) in [6, 6.07) is 21.2. The van der Waals surface area contributed by atoms with Gasteiger partial charge in [0.15, 0.2) is 5.17 Å². The number of fused-ring (bicyclic) bond motifs is 1. The molecule has 38 heavy (non-hydrogen) atoms. The maximum absolute atomic E-state index is 13.6. The summed E-state index contributed by atoms with van der Waals surface area (Å²) in [7, 11) is 0. The molecule has 4 heterocycles. The van der Waals surface area contributed by atoms with E-state index in [1.807, 2.05) is 82.4 Å². The number of benzene rings is 2. The number of para-hydroxylation sites is 2. The summed E-state index contributed by atoms with van der Waals surface area (Å²) in [5.74, 6) is 0.600. The predicted octanol–water partition coefficient (Wildman–Crippen LogP) is 4.90. The van der Waals surface area contributed by atoms with Gasteiger partial charge in [-0.25, -0.2) is 4.99 Å². The van der Waals surface area contributed by atoms with Crippen molar-refractivity contribution in [1.82, 2.24) is 14.4 Å². The largest absolute Gasteiger partial charge is 0.467 e. The van der Waals surface area contributed by atoms with Crippen LogP contribution >= 0.6 is 11.8 Å².